The Balaban J connectivity index is 1.35. The number of hydrogen-bond donors (Lipinski definition) is 1. The lowest BCUT2D eigenvalue weighted by atomic mass is 9.98. The second-order valence-electron chi connectivity index (χ2n) is 9.17. The van der Waals surface area contributed by atoms with E-state index in [1.165, 1.54) is 17.8 Å². The average molecular weight is 547 g/mol. The fraction of sp³-hybridized carbons (Fsp3) is 0.241. The standard InChI is InChI=1S/C29H27FN4O4S/c1-17-4-9-20(14-23(17)30)31-27(35)16-26-28(36)32-29(39-26)34-25(19-7-12-22(38-3)13-8-19)15-24(33-34)18-5-10-21(37-2)11-6-18/h4-14,25-26H,15-16H2,1-3H3,(H,31,35). The lowest BCUT2D eigenvalue weighted by molar-refractivity contribution is -0.121. The van der Waals surface area contributed by atoms with Crippen LogP contribution < -0.4 is 14.8 Å². The maximum Gasteiger partial charge on any atom is 0.262 e. The summed E-state index contributed by atoms with van der Waals surface area (Å²) in [5, 5.41) is 9.02. The number of carbonyl (C=O) groups excluding carboxylic acids is 2. The van der Waals surface area contributed by atoms with Gasteiger partial charge in [0.2, 0.25) is 5.91 Å². The highest BCUT2D eigenvalue weighted by atomic mass is 32.2. The molecule has 2 unspecified atom stereocenters. The number of carbonyl (C=O) groups is 2. The van der Waals surface area contributed by atoms with Crippen LogP contribution in [0.3, 0.4) is 0 Å². The summed E-state index contributed by atoms with van der Waals surface area (Å²) in [4.78, 5) is 29.8. The molecule has 8 nitrogen and oxygen atoms in total. The maximum atomic E-state index is 13.9. The van der Waals surface area contributed by atoms with Crippen LogP contribution in [0.4, 0.5) is 10.1 Å². The molecule has 2 aliphatic heterocycles. The molecule has 0 aliphatic carbocycles. The predicted octanol–water partition coefficient (Wildman–Crippen LogP) is 5.33. The first-order chi connectivity index (χ1) is 18.8. The molecule has 0 bridgehead atoms. The van der Waals surface area contributed by atoms with Crippen molar-refractivity contribution in [3.63, 3.8) is 0 Å². The minimum atomic E-state index is -0.702. The van der Waals surface area contributed by atoms with Gasteiger partial charge in [-0.05, 0) is 72.1 Å². The van der Waals surface area contributed by atoms with Gasteiger partial charge in [-0.2, -0.15) is 10.1 Å². The lowest BCUT2D eigenvalue weighted by Gasteiger charge is -2.23. The number of benzene rings is 3. The first-order valence-corrected chi connectivity index (χ1v) is 13.2. The number of aliphatic imine (C=N–C) groups is 1. The third-order valence-electron chi connectivity index (χ3n) is 6.59. The van der Waals surface area contributed by atoms with Crippen molar-refractivity contribution in [2.75, 3.05) is 19.5 Å². The van der Waals surface area contributed by atoms with Gasteiger partial charge in [-0.15, -0.1) is 0 Å². The van der Waals surface area contributed by atoms with E-state index in [0.29, 0.717) is 22.8 Å². The number of methoxy groups -OCH3 is 2. The summed E-state index contributed by atoms with van der Waals surface area (Å²) in [5.41, 5.74) is 3.60. The summed E-state index contributed by atoms with van der Waals surface area (Å²) in [5.74, 6) is 0.283. The Morgan fingerprint density at radius 3 is 2.36 bits per heavy atom. The fourth-order valence-corrected chi connectivity index (χ4v) is 5.45. The van der Waals surface area contributed by atoms with Crippen molar-refractivity contribution in [3.05, 3.63) is 89.2 Å². The van der Waals surface area contributed by atoms with E-state index >= 15 is 0 Å². The summed E-state index contributed by atoms with van der Waals surface area (Å²) >= 11 is 1.21. The number of nitrogens with one attached hydrogen (secondary N) is 1. The Kier molecular flexibility index (Phi) is 7.65. The molecule has 0 radical (unpaired) electrons. The molecule has 0 spiro atoms. The maximum absolute atomic E-state index is 13.9. The van der Waals surface area contributed by atoms with Crippen molar-refractivity contribution in [2.45, 2.75) is 31.1 Å². The number of nitrogens with zero attached hydrogens (tertiary/aromatic N) is 3. The van der Waals surface area contributed by atoms with E-state index in [0.717, 1.165) is 28.3 Å². The van der Waals surface area contributed by atoms with E-state index < -0.39 is 22.9 Å². The van der Waals surface area contributed by atoms with Crippen LogP contribution >= 0.6 is 11.8 Å². The molecule has 2 heterocycles. The number of halogens is 1. The van der Waals surface area contributed by atoms with Gasteiger partial charge in [-0.1, -0.05) is 30.0 Å². The van der Waals surface area contributed by atoms with Crippen molar-refractivity contribution in [2.24, 2.45) is 10.1 Å². The van der Waals surface area contributed by atoms with E-state index in [4.69, 9.17) is 14.6 Å². The largest absolute Gasteiger partial charge is 0.497 e. The van der Waals surface area contributed by atoms with Gasteiger partial charge in [0, 0.05) is 18.5 Å². The Morgan fingerprint density at radius 2 is 1.72 bits per heavy atom. The molecule has 2 atom stereocenters. The minimum absolute atomic E-state index is 0.0951. The number of rotatable bonds is 7. The molecular weight excluding hydrogens is 519 g/mol. The van der Waals surface area contributed by atoms with E-state index in [2.05, 4.69) is 10.3 Å². The molecule has 3 aromatic carbocycles. The van der Waals surface area contributed by atoms with Crippen molar-refractivity contribution < 1.29 is 23.5 Å². The minimum Gasteiger partial charge on any atom is -0.497 e. The Labute approximate surface area is 229 Å². The van der Waals surface area contributed by atoms with E-state index in [1.54, 1.807) is 38.3 Å². The van der Waals surface area contributed by atoms with E-state index in [-0.39, 0.29) is 12.5 Å². The highest BCUT2D eigenvalue weighted by molar-refractivity contribution is 8.15. The van der Waals surface area contributed by atoms with Crippen LogP contribution in [0, 0.1) is 12.7 Å². The average Bonchev–Trinajstić information content (AvgIpc) is 3.54. The number of anilines is 1. The zero-order valence-corrected chi connectivity index (χ0v) is 22.5. The summed E-state index contributed by atoms with van der Waals surface area (Å²) in [6.45, 7) is 1.65. The van der Waals surface area contributed by atoms with Crippen LogP contribution in [0.1, 0.15) is 35.6 Å². The van der Waals surface area contributed by atoms with Crippen LogP contribution in [0.5, 0.6) is 11.5 Å². The number of amidine groups is 1. The third kappa shape index (κ3) is 5.80. The van der Waals surface area contributed by atoms with Crippen LogP contribution in [-0.2, 0) is 9.59 Å². The van der Waals surface area contributed by atoms with E-state index in [1.807, 2.05) is 48.5 Å². The summed E-state index contributed by atoms with van der Waals surface area (Å²) in [6.07, 6.45) is 0.499. The molecule has 3 aromatic rings. The zero-order valence-electron chi connectivity index (χ0n) is 21.7. The van der Waals surface area contributed by atoms with Gasteiger partial charge in [-0.3, -0.25) is 9.59 Å². The number of hydrogen-bond acceptors (Lipinski definition) is 7. The van der Waals surface area contributed by atoms with Crippen molar-refractivity contribution in [3.8, 4) is 11.5 Å². The number of hydrazone groups is 1. The third-order valence-corrected chi connectivity index (χ3v) is 7.73. The van der Waals surface area contributed by atoms with Crippen molar-refractivity contribution >= 4 is 40.1 Å². The van der Waals surface area contributed by atoms with Gasteiger partial charge in [0.15, 0.2) is 5.17 Å². The summed E-state index contributed by atoms with van der Waals surface area (Å²) < 4.78 is 24.5. The topological polar surface area (TPSA) is 92.6 Å². The van der Waals surface area contributed by atoms with Gasteiger partial charge in [0.1, 0.15) is 22.6 Å². The van der Waals surface area contributed by atoms with Gasteiger partial charge in [-0.25, -0.2) is 9.40 Å². The molecule has 2 aliphatic rings. The first kappa shape index (κ1) is 26.4. The summed E-state index contributed by atoms with van der Waals surface area (Å²) in [7, 11) is 3.23. The van der Waals surface area contributed by atoms with Crippen molar-refractivity contribution in [1.82, 2.24) is 5.01 Å². The van der Waals surface area contributed by atoms with Gasteiger partial charge < -0.3 is 14.8 Å². The Hall–Kier alpha value is -4.18. The second kappa shape index (κ2) is 11.3. The Morgan fingerprint density at radius 1 is 1.05 bits per heavy atom. The molecule has 39 heavy (non-hydrogen) atoms. The molecule has 0 saturated heterocycles. The second-order valence-corrected chi connectivity index (χ2v) is 10.3. The molecule has 10 heteroatoms. The molecule has 1 N–H and O–H groups in total. The Bertz CT molecular complexity index is 1460. The van der Waals surface area contributed by atoms with E-state index in [9.17, 15) is 14.0 Å². The highest BCUT2D eigenvalue weighted by Gasteiger charge is 2.39. The van der Waals surface area contributed by atoms with Gasteiger partial charge >= 0.3 is 0 Å². The molecule has 5 rings (SSSR count). The molecular formula is C29H27FN4O4S. The number of aryl methyl sites for hydroxylation is 1. The van der Waals surface area contributed by atoms with Crippen molar-refractivity contribution in [1.29, 1.82) is 0 Å². The van der Waals surface area contributed by atoms with Gasteiger partial charge in [0.25, 0.3) is 5.91 Å². The number of ether oxygens (including phenoxy) is 2. The smallest absolute Gasteiger partial charge is 0.262 e. The van der Waals surface area contributed by atoms with Gasteiger partial charge in [0.05, 0.1) is 26.0 Å². The lowest BCUT2D eigenvalue weighted by Crippen LogP contribution is -2.25. The van der Waals surface area contributed by atoms with Crippen LogP contribution in [-0.4, -0.2) is 47.2 Å². The predicted molar refractivity (Wildman–Crippen MR) is 150 cm³/mol. The summed E-state index contributed by atoms with van der Waals surface area (Å²) in [6, 6.07) is 19.6. The number of thioether (sulfide) groups is 1. The molecule has 200 valence electrons. The molecule has 0 aromatic heterocycles. The monoisotopic (exact) mass is 546 g/mol. The highest BCUT2D eigenvalue weighted by Crippen LogP contribution is 2.39. The zero-order chi connectivity index (χ0) is 27.5. The molecule has 0 fully saturated rings. The quantitative estimate of drug-likeness (QED) is 0.431. The fourth-order valence-electron chi connectivity index (χ4n) is 4.39. The molecule has 0 saturated carbocycles. The first-order valence-electron chi connectivity index (χ1n) is 12.3. The van der Waals surface area contributed by atoms with Crippen LogP contribution in [0.15, 0.2) is 76.8 Å². The normalized spacial score (nSPS) is 18.6. The number of amides is 2. The van der Waals surface area contributed by atoms with Crippen LogP contribution in [0.25, 0.3) is 0 Å². The van der Waals surface area contributed by atoms with Crippen LogP contribution in [0.2, 0.25) is 0 Å². The SMILES string of the molecule is COc1ccc(C2=NN(C3=NC(=O)C(CC(=O)Nc4ccc(C)c(F)c4)S3)C(c3ccc(OC)cc3)C2)cc1. The molecule has 2 amide bonds.